The predicted octanol–water partition coefficient (Wildman–Crippen LogP) is 2.05. The van der Waals surface area contributed by atoms with Gasteiger partial charge in [0.05, 0.1) is 5.69 Å². The first-order valence-corrected chi connectivity index (χ1v) is 9.01. The van der Waals surface area contributed by atoms with Crippen molar-refractivity contribution in [2.24, 2.45) is 0 Å². The summed E-state index contributed by atoms with van der Waals surface area (Å²) in [6.07, 6.45) is 5.22. The lowest BCUT2D eigenvalue weighted by atomic mass is 10.2. The summed E-state index contributed by atoms with van der Waals surface area (Å²) in [7, 11) is 0. The summed E-state index contributed by atoms with van der Waals surface area (Å²) >= 11 is 0. The first-order valence-electron chi connectivity index (χ1n) is 9.01. The standard InChI is InChI=1S/C21H18N6O2/c1-15-22-11-12-26(15)19-13-16(9-10-23-19)14-24-21(29)18-7-8-20(28)27(25-18)17-5-3-2-4-6-17/h2-13H,14H2,1H3,(H,24,29). The molecule has 8 heteroatoms. The average molecular weight is 386 g/mol. The normalized spacial score (nSPS) is 10.7. The number of imidazole rings is 1. The molecular weight excluding hydrogens is 368 g/mol. The van der Waals surface area contributed by atoms with Crippen LogP contribution in [0.2, 0.25) is 0 Å². The molecule has 0 spiro atoms. The molecule has 0 aliphatic rings. The third-order valence-electron chi connectivity index (χ3n) is 4.37. The topological polar surface area (TPSA) is 94.7 Å². The Morgan fingerprint density at radius 1 is 1.03 bits per heavy atom. The number of carbonyl (C=O) groups is 1. The Bertz CT molecular complexity index is 1210. The molecule has 0 unspecified atom stereocenters. The van der Waals surface area contributed by atoms with Gasteiger partial charge in [-0.3, -0.25) is 14.2 Å². The van der Waals surface area contributed by atoms with Gasteiger partial charge in [0.2, 0.25) is 0 Å². The van der Waals surface area contributed by atoms with E-state index >= 15 is 0 Å². The smallest absolute Gasteiger partial charge is 0.272 e. The maximum Gasteiger partial charge on any atom is 0.272 e. The van der Waals surface area contributed by atoms with Gasteiger partial charge in [-0.2, -0.15) is 9.78 Å². The van der Waals surface area contributed by atoms with Crippen LogP contribution in [0.5, 0.6) is 0 Å². The van der Waals surface area contributed by atoms with Crippen LogP contribution in [0.25, 0.3) is 11.5 Å². The zero-order chi connectivity index (χ0) is 20.2. The van der Waals surface area contributed by atoms with Crippen molar-refractivity contribution < 1.29 is 4.79 Å². The molecule has 29 heavy (non-hydrogen) atoms. The largest absolute Gasteiger partial charge is 0.347 e. The Morgan fingerprint density at radius 3 is 2.62 bits per heavy atom. The van der Waals surface area contributed by atoms with Crippen LogP contribution < -0.4 is 10.9 Å². The van der Waals surface area contributed by atoms with Crippen LogP contribution in [0.3, 0.4) is 0 Å². The van der Waals surface area contributed by atoms with E-state index in [4.69, 9.17) is 0 Å². The first kappa shape index (κ1) is 18.3. The van der Waals surface area contributed by atoms with Crippen molar-refractivity contribution in [3.8, 4) is 11.5 Å². The molecule has 1 amide bonds. The predicted molar refractivity (Wildman–Crippen MR) is 107 cm³/mol. The molecule has 0 atom stereocenters. The van der Waals surface area contributed by atoms with Crippen LogP contribution in [-0.2, 0) is 6.54 Å². The van der Waals surface area contributed by atoms with Crippen molar-refractivity contribution >= 4 is 5.91 Å². The van der Waals surface area contributed by atoms with E-state index in [1.807, 2.05) is 35.9 Å². The van der Waals surface area contributed by atoms with Crippen molar-refractivity contribution in [3.63, 3.8) is 0 Å². The molecule has 1 N–H and O–H groups in total. The highest BCUT2D eigenvalue weighted by Gasteiger charge is 2.11. The Morgan fingerprint density at radius 2 is 1.86 bits per heavy atom. The SMILES string of the molecule is Cc1nccn1-c1cc(CNC(=O)c2ccc(=O)n(-c3ccccc3)n2)ccn1. The van der Waals surface area contributed by atoms with Gasteiger partial charge in [0.25, 0.3) is 11.5 Å². The van der Waals surface area contributed by atoms with Gasteiger partial charge in [-0.15, -0.1) is 0 Å². The molecule has 3 aromatic heterocycles. The molecule has 4 aromatic rings. The first-order chi connectivity index (χ1) is 14.1. The molecular formula is C21H18N6O2. The van der Waals surface area contributed by atoms with E-state index in [1.54, 1.807) is 36.7 Å². The highest BCUT2D eigenvalue weighted by molar-refractivity contribution is 5.92. The van der Waals surface area contributed by atoms with Gasteiger partial charge in [-0.1, -0.05) is 18.2 Å². The van der Waals surface area contributed by atoms with Gasteiger partial charge < -0.3 is 5.32 Å². The number of carbonyl (C=O) groups excluding carboxylic acids is 1. The average Bonchev–Trinajstić information content (AvgIpc) is 3.19. The van der Waals surface area contributed by atoms with E-state index in [0.717, 1.165) is 17.2 Å². The van der Waals surface area contributed by atoms with E-state index < -0.39 is 0 Å². The van der Waals surface area contributed by atoms with E-state index in [2.05, 4.69) is 20.4 Å². The number of benzene rings is 1. The van der Waals surface area contributed by atoms with Gasteiger partial charge >= 0.3 is 0 Å². The van der Waals surface area contributed by atoms with Crippen molar-refractivity contribution in [1.29, 1.82) is 0 Å². The molecule has 0 saturated heterocycles. The van der Waals surface area contributed by atoms with Crippen LogP contribution in [0.1, 0.15) is 21.9 Å². The summed E-state index contributed by atoms with van der Waals surface area (Å²) in [6.45, 7) is 2.19. The Balaban J connectivity index is 1.51. The third-order valence-corrected chi connectivity index (χ3v) is 4.37. The molecule has 1 aromatic carbocycles. The van der Waals surface area contributed by atoms with Crippen molar-refractivity contribution in [2.75, 3.05) is 0 Å². The lowest BCUT2D eigenvalue weighted by Gasteiger charge is -2.09. The van der Waals surface area contributed by atoms with Crippen LogP contribution in [0.15, 0.2) is 78.0 Å². The fraction of sp³-hybridized carbons (Fsp3) is 0.0952. The second kappa shape index (κ2) is 7.89. The minimum Gasteiger partial charge on any atom is -0.347 e. The summed E-state index contributed by atoms with van der Waals surface area (Å²) in [4.78, 5) is 33.2. The second-order valence-corrected chi connectivity index (χ2v) is 6.35. The fourth-order valence-corrected chi connectivity index (χ4v) is 2.88. The summed E-state index contributed by atoms with van der Waals surface area (Å²) in [5, 5.41) is 7.02. The monoisotopic (exact) mass is 386 g/mol. The van der Waals surface area contributed by atoms with Crippen molar-refractivity contribution in [3.05, 3.63) is 101 Å². The minimum absolute atomic E-state index is 0.160. The summed E-state index contributed by atoms with van der Waals surface area (Å²) in [5.74, 6) is 1.18. The van der Waals surface area contributed by atoms with E-state index in [-0.39, 0.29) is 17.2 Å². The maximum atomic E-state index is 12.6. The number of aryl methyl sites for hydroxylation is 1. The van der Waals surface area contributed by atoms with Crippen LogP contribution in [-0.4, -0.2) is 30.2 Å². The molecule has 0 radical (unpaired) electrons. The molecule has 0 aliphatic carbocycles. The van der Waals surface area contributed by atoms with Gasteiger partial charge in [-0.25, -0.2) is 9.97 Å². The lowest BCUT2D eigenvalue weighted by Crippen LogP contribution is -2.28. The fourth-order valence-electron chi connectivity index (χ4n) is 2.88. The number of hydrogen-bond donors (Lipinski definition) is 1. The molecule has 0 aliphatic heterocycles. The molecule has 0 bridgehead atoms. The van der Waals surface area contributed by atoms with Gasteiger partial charge in [0, 0.05) is 31.2 Å². The number of nitrogens with one attached hydrogen (secondary N) is 1. The van der Waals surface area contributed by atoms with Crippen LogP contribution in [0, 0.1) is 6.92 Å². The minimum atomic E-state index is -0.369. The van der Waals surface area contributed by atoms with Crippen molar-refractivity contribution in [2.45, 2.75) is 13.5 Å². The number of amides is 1. The second-order valence-electron chi connectivity index (χ2n) is 6.35. The zero-order valence-corrected chi connectivity index (χ0v) is 15.7. The van der Waals surface area contributed by atoms with Gasteiger partial charge in [0.15, 0.2) is 0 Å². The van der Waals surface area contributed by atoms with Crippen LogP contribution in [0.4, 0.5) is 0 Å². The van der Waals surface area contributed by atoms with E-state index in [1.165, 1.54) is 16.8 Å². The summed E-state index contributed by atoms with van der Waals surface area (Å²) < 4.78 is 3.07. The number of para-hydroxylation sites is 1. The highest BCUT2D eigenvalue weighted by Crippen LogP contribution is 2.10. The van der Waals surface area contributed by atoms with Crippen LogP contribution >= 0.6 is 0 Å². The third kappa shape index (κ3) is 3.96. The molecule has 0 saturated carbocycles. The molecule has 144 valence electrons. The van der Waals surface area contributed by atoms with E-state index in [0.29, 0.717) is 12.2 Å². The zero-order valence-electron chi connectivity index (χ0n) is 15.7. The highest BCUT2D eigenvalue weighted by atomic mass is 16.2. The summed E-state index contributed by atoms with van der Waals surface area (Å²) in [6, 6.07) is 15.4. The van der Waals surface area contributed by atoms with Gasteiger partial charge in [-0.05, 0) is 42.8 Å². The van der Waals surface area contributed by atoms with Crippen molar-refractivity contribution in [1.82, 2.24) is 29.6 Å². The quantitative estimate of drug-likeness (QED) is 0.566. The Kier molecular flexibility index (Phi) is 4.98. The Labute approximate surface area is 166 Å². The maximum absolute atomic E-state index is 12.6. The number of aromatic nitrogens is 5. The summed E-state index contributed by atoms with van der Waals surface area (Å²) in [5.41, 5.74) is 1.34. The number of rotatable bonds is 5. The lowest BCUT2D eigenvalue weighted by molar-refractivity contribution is 0.0944. The molecule has 3 heterocycles. The number of pyridine rings is 1. The molecule has 4 rings (SSSR count). The van der Waals surface area contributed by atoms with E-state index in [9.17, 15) is 9.59 Å². The number of nitrogens with zero attached hydrogens (tertiary/aromatic N) is 5. The van der Waals surface area contributed by atoms with Gasteiger partial charge in [0.1, 0.15) is 17.3 Å². The molecule has 0 fully saturated rings. The molecule has 8 nitrogen and oxygen atoms in total. The Hall–Kier alpha value is -4.07. The number of hydrogen-bond acceptors (Lipinski definition) is 5.